The van der Waals surface area contributed by atoms with Gasteiger partial charge in [-0.15, -0.1) is 0 Å². The van der Waals surface area contributed by atoms with Crippen molar-refractivity contribution >= 4 is 63.7 Å². The van der Waals surface area contributed by atoms with E-state index in [0.29, 0.717) is 8.96 Å². The van der Waals surface area contributed by atoms with Crippen LogP contribution in [0, 0.1) is 0 Å². The van der Waals surface area contributed by atoms with E-state index in [2.05, 4.69) is 63.7 Å². The highest BCUT2D eigenvalue weighted by molar-refractivity contribution is 9.15. The molecule has 2 atom stereocenters. The van der Waals surface area contributed by atoms with Crippen molar-refractivity contribution in [3.05, 3.63) is 20.8 Å². The largest absolute Gasteiger partial charge is 0.510 e. The van der Waals surface area contributed by atoms with Crippen molar-refractivity contribution in [3.8, 4) is 0 Å². The number of hydrogen-bond acceptors (Lipinski definition) is 2. The first-order chi connectivity index (χ1) is 5.37. The van der Waals surface area contributed by atoms with Crippen molar-refractivity contribution in [2.75, 3.05) is 0 Å². The van der Waals surface area contributed by atoms with Crippen molar-refractivity contribution in [1.82, 2.24) is 0 Å². The van der Waals surface area contributed by atoms with Gasteiger partial charge in [0.1, 0.15) is 10.6 Å². The minimum absolute atomic E-state index is 0.0533. The van der Waals surface area contributed by atoms with Crippen LogP contribution in [0.5, 0.6) is 0 Å². The van der Waals surface area contributed by atoms with Crippen LogP contribution in [-0.2, 0) is 0 Å². The SMILES string of the molecule is OC1=C(Br)C=C(Br)C(O)(Br)C1Br. The van der Waals surface area contributed by atoms with E-state index in [9.17, 15) is 10.2 Å². The third-order valence-electron chi connectivity index (χ3n) is 1.41. The molecule has 0 saturated heterocycles. The summed E-state index contributed by atoms with van der Waals surface area (Å²) in [6.07, 6.45) is 1.59. The minimum atomic E-state index is -1.28. The second-order valence-electron chi connectivity index (χ2n) is 2.26. The van der Waals surface area contributed by atoms with Gasteiger partial charge in [-0.05, 0) is 37.9 Å². The van der Waals surface area contributed by atoms with E-state index in [0.717, 1.165) is 0 Å². The van der Waals surface area contributed by atoms with Crippen LogP contribution in [0.25, 0.3) is 0 Å². The minimum Gasteiger partial charge on any atom is -0.510 e. The van der Waals surface area contributed by atoms with Crippen LogP contribution in [-0.4, -0.2) is 19.6 Å². The summed E-state index contributed by atoms with van der Waals surface area (Å²) < 4.78 is -0.198. The van der Waals surface area contributed by atoms with E-state index in [1.807, 2.05) is 0 Å². The molecule has 6 heteroatoms. The summed E-state index contributed by atoms with van der Waals surface area (Å²) in [6, 6.07) is 0. The van der Waals surface area contributed by atoms with Gasteiger partial charge in [0, 0.05) is 4.48 Å². The van der Waals surface area contributed by atoms with Crippen LogP contribution >= 0.6 is 63.7 Å². The van der Waals surface area contributed by atoms with Crippen LogP contribution in [0.4, 0.5) is 0 Å². The molecule has 0 aliphatic heterocycles. The molecule has 2 nitrogen and oxygen atoms in total. The Balaban J connectivity index is 3.16. The molecule has 1 aliphatic rings. The molecule has 2 unspecified atom stereocenters. The topological polar surface area (TPSA) is 40.5 Å². The molecule has 0 aromatic carbocycles. The van der Waals surface area contributed by atoms with Gasteiger partial charge in [0.15, 0.2) is 4.51 Å². The Morgan fingerprint density at radius 3 is 2.42 bits per heavy atom. The second-order valence-corrected chi connectivity index (χ2v) is 6.09. The van der Waals surface area contributed by atoms with E-state index < -0.39 is 9.34 Å². The molecule has 1 aliphatic carbocycles. The quantitative estimate of drug-likeness (QED) is 0.583. The normalized spacial score (nSPS) is 36.8. The zero-order valence-corrected chi connectivity index (χ0v) is 11.9. The van der Waals surface area contributed by atoms with E-state index >= 15 is 0 Å². The predicted octanol–water partition coefficient (Wildman–Crippen LogP) is 3.29. The molecule has 0 radical (unpaired) electrons. The molecule has 0 aromatic rings. The zero-order chi connectivity index (χ0) is 9.52. The Bertz CT molecular complexity index is 269. The second kappa shape index (κ2) is 3.73. The summed E-state index contributed by atoms with van der Waals surface area (Å²) in [5.74, 6) is 0.0533. The first-order valence-corrected chi connectivity index (χ1v) is 6.18. The number of hydrogen-bond donors (Lipinski definition) is 2. The van der Waals surface area contributed by atoms with Gasteiger partial charge in [0.2, 0.25) is 0 Å². The number of aliphatic hydroxyl groups excluding tert-OH is 1. The fourth-order valence-corrected chi connectivity index (χ4v) is 3.37. The highest BCUT2D eigenvalue weighted by Gasteiger charge is 2.41. The van der Waals surface area contributed by atoms with E-state index in [1.54, 1.807) is 6.08 Å². The molecule has 0 saturated carbocycles. The van der Waals surface area contributed by atoms with Gasteiger partial charge in [-0.2, -0.15) is 0 Å². The third kappa shape index (κ3) is 1.82. The number of halogens is 4. The van der Waals surface area contributed by atoms with Gasteiger partial charge < -0.3 is 10.2 Å². The van der Waals surface area contributed by atoms with Crippen molar-refractivity contribution in [2.24, 2.45) is 0 Å². The van der Waals surface area contributed by atoms with Crippen molar-refractivity contribution in [1.29, 1.82) is 0 Å². The summed E-state index contributed by atoms with van der Waals surface area (Å²) in [7, 11) is 0. The highest BCUT2D eigenvalue weighted by Crippen LogP contribution is 2.44. The van der Waals surface area contributed by atoms with Gasteiger partial charge in [-0.3, -0.25) is 0 Å². The monoisotopic (exact) mass is 424 g/mol. The summed E-state index contributed by atoms with van der Waals surface area (Å²) in [4.78, 5) is -0.571. The molecule has 0 spiro atoms. The van der Waals surface area contributed by atoms with E-state index in [1.165, 1.54) is 0 Å². The van der Waals surface area contributed by atoms with Crippen LogP contribution in [0.3, 0.4) is 0 Å². The van der Waals surface area contributed by atoms with Crippen LogP contribution in [0.1, 0.15) is 0 Å². The lowest BCUT2D eigenvalue weighted by Gasteiger charge is -2.29. The van der Waals surface area contributed by atoms with E-state index in [4.69, 9.17) is 0 Å². The number of allylic oxidation sites excluding steroid dienone is 2. The lowest BCUT2D eigenvalue weighted by molar-refractivity contribution is 0.179. The summed E-state index contributed by atoms with van der Waals surface area (Å²) in [5, 5.41) is 19.2. The van der Waals surface area contributed by atoms with Crippen LogP contribution in [0.15, 0.2) is 20.8 Å². The molecule has 0 bridgehead atoms. The Labute approximate surface area is 103 Å². The Morgan fingerprint density at radius 2 is 1.92 bits per heavy atom. The van der Waals surface area contributed by atoms with Crippen molar-refractivity contribution in [2.45, 2.75) is 9.34 Å². The van der Waals surface area contributed by atoms with Gasteiger partial charge in [0.05, 0.1) is 4.48 Å². The molecule has 12 heavy (non-hydrogen) atoms. The Kier molecular flexibility index (Phi) is 3.49. The van der Waals surface area contributed by atoms with Crippen LogP contribution < -0.4 is 0 Å². The molecule has 0 aromatic heterocycles. The highest BCUT2D eigenvalue weighted by atomic mass is 79.9. The summed E-state index contributed by atoms with van der Waals surface area (Å²) in [5.41, 5.74) is 0. The van der Waals surface area contributed by atoms with E-state index in [-0.39, 0.29) is 5.76 Å². The first kappa shape index (κ1) is 11.2. The maximum atomic E-state index is 9.74. The predicted molar refractivity (Wildman–Crippen MR) is 62.2 cm³/mol. The van der Waals surface area contributed by atoms with Gasteiger partial charge in [-0.1, -0.05) is 31.9 Å². The molecule has 1 rings (SSSR count). The van der Waals surface area contributed by atoms with Crippen molar-refractivity contribution in [3.63, 3.8) is 0 Å². The maximum Gasteiger partial charge on any atom is 0.170 e. The van der Waals surface area contributed by atoms with Crippen LogP contribution in [0.2, 0.25) is 0 Å². The number of alkyl halides is 2. The standard InChI is InChI=1S/C6H4Br4O2/c7-2-1-3(8)6(10,12)5(9)4(2)11/h1,5,11-12H. The van der Waals surface area contributed by atoms with Gasteiger partial charge in [-0.25, -0.2) is 0 Å². The fourth-order valence-electron chi connectivity index (χ4n) is 0.710. The molecule has 68 valence electrons. The lowest BCUT2D eigenvalue weighted by Crippen LogP contribution is -2.35. The zero-order valence-electron chi connectivity index (χ0n) is 5.56. The molecule has 0 amide bonds. The fraction of sp³-hybridized carbons (Fsp3) is 0.333. The first-order valence-electron chi connectivity index (χ1n) is 2.89. The van der Waals surface area contributed by atoms with Crippen molar-refractivity contribution < 1.29 is 10.2 Å². The average molecular weight is 428 g/mol. The maximum absolute atomic E-state index is 9.74. The average Bonchev–Trinajstić information content (AvgIpc) is 1.99. The lowest BCUT2D eigenvalue weighted by atomic mass is 10.1. The molecule has 0 fully saturated rings. The Hall–Kier alpha value is 1.16. The molecule has 0 heterocycles. The smallest absolute Gasteiger partial charge is 0.170 e. The van der Waals surface area contributed by atoms with Gasteiger partial charge >= 0.3 is 0 Å². The number of aliphatic hydroxyl groups is 2. The number of rotatable bonds is 0. The molecule has 2 N–H and O–H groups in total. The summed E-state index contributed by atoms with van der Waals surface area (Å²) in [6.45, 7) is 0. The van der Waals surface area contributed by atoms with Gasteiger partial charge in [0.25, 0.3) is 0 Å². The molecular weight excluding hydrogens is 424 g/mol. The third-order valence-corrected chi connectivity index (χ3v) is 6.01. The summed E-state index contributed by atoms with van der Waals surface area (Å²) >= 11 is 12.5. The molecular formula is C6H4Br4O2. The Morgan fingerprint density at radius 1 is 1.42 bits per heavy atom.